The minimum Gasteiger partial charge on any atom is -0.354 e. The van der Waals surface area contributed by atoms with Gasteiger partial charge in [0.05, 0.1) is 11.9 Å². The zero-order valence-electron chi connectivity index (χ0n) is 22.8. The number of carbonyl (C=O) groups excluding carboxylic acids is 2. The number of nitrogens with one attached hydrogen (secondary N) is 1. The van der Waals surface area contributed by atoms with E-state index in [4.69, 9.17) is 0 Å². The zero-order chi connectivity index (χ0) is 28.6. The number of rotatable bonds is 12. The molecule has 0 fully saturated rings. The van der Waals surface area contributed by atoms with Gasteiger partial charge in [-0.1, -0.05) is 96.0 Å². The largest absolute Gasteiger partial charge is 0.354 e. The van der Waals surface area contributed by atoms with Gasteiger partial charge in [-0.2, -0.15) is 0 Å². The first-order valence-corrected chi connectivity index (χ1v) is 15.5. The molecule has 1 atom stereocenters. The molecule has 3 aromatic rings. The average molecular weight is 615 g/mol. The van der Waals surface area contributed by atoms with Crippen LogP contribution in [0.1, 0.15) is 30.5 Å². The number of halogens is 1. The Morgan fingerprint density at radius 1 is 0.923 bits per heavy atom. The van der Waals surface area contributed by atoms with Crippen LogP contribution in [0.5, 0.6) is 0 Å². The molecule has 7 nitrogen and oxygen atoms in total. The van der Waals surface area contributed by atoms with Gasteiger partial charge < -0.3 is 10.2 Å². The molecular formula is C30H36BrN3O4S. The van der Waals surface area contributed by atoms with Crippen LogP contribution in [-0.2, 0) is 32.6 Å². The van der Waals surface area contributed by atoms with E-state index in [9.17, 15) is 18.0 Å². The van der Waals surface area contributed by atoms with Crippen molar-refractivity contribution in [3.63, 3.8) is 0 Å². The number of sulfonamides is 1. The van der Waals surface area contributed by atoms with Gasteiger partial charge in [-0.3, -0.25) is 13.9 Å². The van der Waals surface area contributed by atoms with Crippen molar-refractivity contribution in [2.75, 3.05) is 23.7 Å². The van der Waals surface area contributed by atoms with E-state index in [-0.39, 0.29) is 24.8 Å². The predicted octanol–water partition coefficient (Wildman–Crippen LogP) is 4.94. The van der Waals surface area contributed by atoms with Crippen molar-refractivity contribution in [2.24, 2.45) is 5.92 Å². The molecule has 9 heteroatoms. The molecule has 2 amide bonds. The number of amides is 2. The van der Waals surface area contributed by atoms with Crippen LogP contribution in [-0.4, -0.2) is 50.5 Å². The number of hydrogen-bond acceptors (Lipinski definition) is 4. The number of anilines is 1. The van der Waals surface area contributed by atoms with E-state index in [0.717, 1.165) is 27.3 Å². The monoisotopic (exact) mass is 613 g/mol. The molecule has 0 aliphatic heterocycles. The quantitative estimate of drug-likeness (QED) is 0.314. The minimum absolute atomic E-state index is 0.155. The third-order valence-electron chi connectivity index (χ3n) is 6.20. The van der Waals surface area contributed by atoms with Crippen LogP contribution < -0.4 is 9.62 Å². The lowest BCUT2D eigenvalue weighted by molar-refractivity contribution is -0.140. The molecule has 0 unspecified atom stereocenters. The molecule has 208 valence electrons. The second kappa shape index (κ2) is 13.8. The normalized spacial score (nSPS) is 12.2. The Balaban J connectivity index is 2.04. The zero-order valence-corrected chi connectivity index (χ0v) is 25.2. The topological polar surface area (TPSA) is 86.8 Å². The number of nitrogens with zero attached hydrogens (tertiary/aromatic N) is 2. The van der Waals surface area contributed by atoms with Crippen molar-refractivity contribution in [1.29, 1.82) is 0 Å². The summed E-state index contributed by atoms with van der Waals surface area (Å²) in [5, 5.41) is 2.98. The second-order valence-electron chi connectivity index (χ2n) is 10.1. The Hall–Kier alpha value is -3.17. The molecular weight excluding hydrogens is 578 g/mol. The number of carbonyl (C=O) groups is 2. The Morgan fingerprint density at radius 3 is 2.18 bits per heavy atom. The van der Waals surface area contributed by atoms with E-state index < -0.39 is 28.5 Å². The maximum Gasteiger partial charge on any atom is 0.244 e. The van der Waals surface area contributed by atoms with E-state index in [1.54, 1.807) is 24.3 Å². The van der Waals surface area contributed by atoms with Crippen LogP contribution in [0.2, 0.25) is 0 Å². The Bertz CT molecular complexity index is 1360. The molecule has 0 saturated heterocycles. The van der Waals surface area contributed by atoms with Gasteiger partial charge in [0.1, 0.15) is 12.6 Å². The highest BCUT2D eigenvalue weighted by molar-refractivity contribution is 9.10. The molecule has 1 N–H and O–H groups in total. The van der Waals surface area contributed by atoms with Gasteiger partial charge in [-0.25, -0.2) is 8.42 Å². The van der Waals surface area contributed by atoms with Gasteiger partial charge >= 0.3 is 0 Å². The van der Waals surface area contributed by atoms with Crippen molar-refractivity contribution in [2.45, 2.75) is 39.8 Å². The van der Waals surface area contributed by atoms with E-state index in [0.29, 0.717) is 16.7 Å². The summed E-state index contributed by atoms with van der Waals surface area (Å²) in [5.41, 5.74) is 3.18. The van der Waals surface area contributed by atoms with Crippen molar-refractivity contribution in [3.8, 4) is 0 Å². The van der Waals surface area contributed by atoms with Crippen molar-refractivity contribution >= 4 is 43.5 Å². The average Bonchev–Trinajstić information content (AvgIpc) is 2.88. The molecule has 3 aromatic carbocycles. The van der Waals surface area contributed by atoms with Gasteiger partial charge in [0, 0.05) is 24.0 Å². The van der Waals surface area contributed by atoms with E-state index in [2.05, 4.69) is 21.2 Å². The predicted molar refractivity (Wildman–Crippen MR) is 160 cm³/mol. The number of benzene rings is 3. The fourth-order valence-electron chi connectivity index (χ4n) is 4.11. The Morgan fingerprint density at radius 2 is 1.59 bits per heavy atom. The maximum absolute atomic E-state index is 14.0. The van der Waals surface area contributed by atoms with Crippen LogP contribution in [0.25, 0.3) is 0 Å². The van der Waals surface area contributed by atoms with Crippen LogP contribution in [0.15, 0.2) is 83.3 Å². The first kappa shape index (κ1) is 30.4. The first-order valence-electron chi connectivity index (χ1n) is 12.8. The molecule has 0 heterocycles. The maximum atomic E-state index is 14.0. The first-order chi connectivity index (χ1) is 18.4. The number of hydrogen-bond donors (Lipinski definition) is 1. The summed E-state index contributed by atoms with van der Waals surface area (Å²) in [4.78, 5) is 29.1. The van der Waals surface area contributed by atoms with E-state index >= 15 is 0 Å². The third-order valence-corrected chi connectivity index (χ3v) is 7.84. The third kappa shape index (κ3) is 9.21. The molecule has 0 saturated carbocycles. The summed E-state index contributed by atoms with van der Waals surface area (Å²) in [6, 6.07) is 23.2. The van der Waals surface area contributed by atoms with Crippen molar-refractivity contribution < 1.29 is 18.0 Å². The van der Waals surface area contributed by atoms with Crippen molar-refractivity contribution in [3.05, 3.63) is 100 Å². The Labute approximate surface area is 240 Å². The SMILES string of the molecule is Cc1ccc(CN(C(=O)CN(c2cccc(Br)c2)S(C)(=O)=O)[C@@H](Cc2ccccc2)C(=O)NCC(C)C)cc1. The highest BCUT2D eigenvalue weighted by Crippen LogP contribution is 2.23. The lowest BCUT2D eigenvalue weighted by Crippen LogP contribution is -2.53. The van der Waals surface area contributed by atoms with Gasteiger partial charge in [-0.05, 0) is 42.2 Å². The highest BCUT2D eigenvalue weighted by Gasteiger charge is 2.33. The molecule has 0 spiro atoms. The van der Waals surface area contributed by atoms with Crippen LogP contribution in [0, 0.1) is 12.8 Å². The summed E-state index contributed by atoms with van der Waals surface area (Å²) in [6.07, 6.45) is 1.36. The molecule has 3 rings (SSSR count). The molecule has 0 bridgehead atoms. The van der Waals surface area contributed by atoms with Gasteiger partial charge in [-0.15, -0.1) is 0 Å². The second-order valence-corrected chi connectivity index (χ2v) is 12.9. The van der Waals surface area contributed by atoms with E-state index in [1.807, 2.05) is 75.4 Å². The van der Waals surface area contributed by atoms with Crippen molar-refractivity contribution in [1.82, 2.24) is 10.2 Å². The summed E-state index contributed by atoms with van der Waals surface area (Å²) >= 11 is 3.38. The van der Waals surface area contributed by atoms with Gasteiger partial charge in [0.2, 0.25) is 21.8 Å². The van der Waals surface area contributed by atoms with Crippen LogP contribution in [0.3, 0.4) is 0 Å². The molecule has 0 aliphatic rings. The fraction of sp³-hybridized carbons (Fsp3) is 0.333. The summed E-state index contributed by atoms with van der Waals surface area (Å²) in [5.74, 6) is -0.521. The van der Waals surface area contributed by atoms with Crippen LogP contribution >= 0.6 is 15.9 Å². The molecule has 39 heavy (non-hydrogen) atoms. The molecule has 0 radical (unpaired) electrons. The lowest BCUT2D eigenvalue weighted by Gasteiger charge is -2.33. The highest BCUT2D eigenvalue weighted by atomic mass is 79.9. The molecule has 0 aromatic heterocycles. The Kier molecular flexibility index (Phi) is 10.7. The standard InChI is InChI=1S/C30H36BrN3O4S/c1-22(2)19-32-30(36)28(17-24-9-6-5-7-10-24)33(20-25-15-13-23(3)14-16-25)29(35)21-34(39(4,37)38)27-12-8-11-26(31)18-27/h5-16,18,22,28H,17,19-21H2,1-4H3,(H,32,36)/t28-/m0/s1. The van der Waals surface area contributed by atoms with Gasteiger partial charge in [0.25, 0.3) is 0 Å². The minimum atomic E-state index is -3.80. The van der Waals surface area contributed by atoms with Gasteiger partial charge in [0.15, 0.2) is 0 Å². The fourth-order valence-corrected chi connectivity index (χ4v) is 5.34. The molecule has 0 aliphatic carbocycles. The smallest absolute Gasteiger partial charge is 0.244 e. The lowest BCUT2D eigenvalue weighted by atomic mass is 10.0. The van der Waals surface area contributed by atoms with Crippen LogP contribution in [0.4, 0.5) is 5.69 Å². The summed E-state index contributed by atoms with van der Waals surface area (Å²) in [6.45, 7) is 6.16. The summed E-state index contributed by atoms with van der Waals surface area (Å²) < 4.78 is 27.4. The van der Waals surface area contributed by atoms with E-state index in [1.165, 1.54) is 4.90 Å². The number of aryl methyl sites for hydroxylation is 1. The summed E-state index contributed by atoms with van der Waals surface area (Å²) in [7, 11) is -3.80.